The summed E-state index contributed by atoms with van der Waals surface area (Å²) in [5.74, 6) is -0.630. The zero-order valence-corrected chi connectivity index (χ0v) is 15.3. The van der Waals surface area contributed by atoms with Gasteiger partial charge in [-0.05, 0) is 36.8 Å². The largest absolute Gasteiger partial charge is 0.463 e. The highest BCUT2D eigenvalue weighted by atomic mass is 16.8. The smallest absolute Gasteiger partial charge is 0.377 e. The third-order valence-electron chi connectivity index (χ3n) is 3.73. The minimum atomic E-state index is -0.625. The van der Waals surface area contributed by atoms with E-state index in [0.717, 1.165) is 22.3 Å². The number of nitrogens with zero attached hydrogens (tertiary/aromatic N) is 3. The standard InChI is InChI=1S/C20H20N4O3/c1-14-12-15(2)23-24(22-14)27-19(20(25)26-3)18(16-8-5-4-6-9-16)17-10-7-11-21-13-17/h4-13,22H,1-3H3. The highest BCUT2D eigenvalue weighted by Gasteiger charge is 2.25. The predicted molar refractivity (Wildman–Crippen MR) is 102 cm³/mol. The number of aromatic nitrogens is 1. The maximum atomic E-state index is 12.6. The summed E-state index contributed by atoms with van der Waals surface area (Å²) in [4.78, 5) is 22.6. The van der Waals surface area contributed by atoms with E-state index in [-0.39, 0.29) is 5.76 Å². The van der Waals surface area contributed by atoms with Gasteiger partial charge in [-0.25, -0.2) is 4.79 Å². The normalized spacial score (nSPS) is 14.4. The number of rotatable bonds is 5. The molecular formula is C20H20N4O3. The molecular weight excluding hydrogens is 344 g/mol. The molecule has 0 fully saturated rings. The number of carbonyl (C=O) groups is 1. The van der Waals surface area contributed by atoms with Crippen LogP contribution in [0.25, 0.3) is 5.57 Å². The first-order valence-electron chi connectivity index (χ1n) is 8.35. The molecule has 0 bridgehead atoms. The zero-order chi connectivity index (χ0) is 19.2. The Hall–Kier alpha value is -3.61. The monoisotopic (exact) mass is 364 g/mol. The van der Waals surface area contributed by atoms with E-state index in [1.807, 2.05) is 56.3 Å². The Kier molecular flexibility index (Phi) is 5.51. The van der Waals surface area contributed by atoms with Crippen LogP contribution in [-0.4, -0.2) is 29.1 Å². The lowest BCUT2D eigenvalue weighted by Crippen LogP contribution is -2.37. The van der Waals surface area contributed by atoms with Gasteiger partial charge in [0.1, 0.15) is 0 Å². The summed E-state index contributed by atoms with van der Waals surface area (Å²) < 4.78 is 4.97. The summed E-state index contributed by atoms with van der Waals surface area (Å²) in [6.07, 6.45) is 5.19. The van der Waals surface area contributed by atoms with Crippen molar-refractivity contribution in [3.63, 3.8) is 0 Å². The number of esters is 1. The molecule has 27 heavy (non-hydrogen) atoms. The van der Waals surface area contributed by atoms with Crippen LogP contribution in [0.2, 0.25) is 0 Å². The van der Waals surface area contributed by atoms with E-state index in [2.05, 4.69) is 15.5 Å². The number of carbonyl (C=O) groups excluding carboxylic acids is 1. The van der Waals surface area contributed by atoms with Crippen LogP contribution in [0.3, 0.4) is 0 Å². The molecule has 1 aliphatic heterocycles. The van der Waals surface area contributed by atoms with Gasteiger partial charge in [-0.1, -0.05) is 36.4 Å². The van der Waals surface area contributed by atoms with Gasteiger partial charge >= 0.3 is 5.97 Å². The van der Waals surface area contributed by atoms with Crippen molar-refractivity contribution in [1.29, 1.82) is 0 Å². The van der Waals surface area contributed by atoms with Crippen molar-refractivity contribution < 1.29 is 14.4 Å². The number of hydrazine groups is 1. The van der Waals surface area contributed by atoms with Crippen LogP contribution in [0.1, 0.15) is 25.0 Å². The van der Waals surface area contributed by atoms with Crippen molar-refractivity contribution in [2.45, 2.75) is 13.8 Å². The molecule has 2 aromatic rings. The van der Waals surface area contributed by atoms with E-state index in [1.165, 1.54) is 7.11 Å². The molecule has 1 aliphatic rings. The Labute approximate surface area is 157 Å². The quantitative estimate of drug-likeness (QED) is 0.499. The molecule has 0 radical (unpaired) electrons. The van der Waals surface area contributed by atoms with Crippen molar-refractivity contribution in [2.24, 2.45) is 5.10 Å². The minimum absolute atomic E-state index is 0.00421. The van der Waals surface area contributed by atoms with Gasteiger partial charge in [0, 0.05) is 29.2 Å². The van der Waals surface area contributed by atoms with E-state index in [1.54, 1.807) is 18.5 Å². The summed E-state index contributed by atoms with van der Waals surface area (Å²) in [6.45, 7) is 3.71. The number of methoxy groups -OCH3 is 1. The average molecular weight is 364 g/mol. The lowest BCUT2D eigenvalue weighted by atomic mass is 9.98. The van der Waals surface area contributed by atoms with Crippen molar-refractivity contribution in [3.05, 3.63) is 83.5 Å². The van der Waals surface area contributed by atoms with Crippen LogP contribution < -0.4 is 5.43 Å². The Balaban J connectivity index is 2.13. The van der Waals surface area contributed by atoms with Gasteiger partial charge in [-0.2, -0.15) is 0 Å². The van der Waals surface area contributed by atoms with Crippen molar-refractivity contribution in [2.75, 3.05) is 7.11 Å². The first kappa shape index (κ1) is 18.2. The Morgan fingerprint density at radius 1 is 1.07 bits per heavy atom. The number of allylic oxidation sites excluding steroid dienone is 2. The number of ether oxygens (including phenoxy) is 1. The molecule has 0 aliphatic carbocycles. The SMILES string of the molecule is COC(=O)C(ON1N=C(C)C=C(C)N1)=C(c1ccccc1)c1cccnc1. The predicted octanol–water partition coefficient (Wildman–Crippen LogP) is 3.05. The van der Waals surface area contributed by atoms with Crippen LogP contribution in [0.5, 0.6) is 0 Å². The molecule has 1 N–H and O–H groups in total. The molecule has 138 valence electrons. The Morgan fingerprint density at radius 2 is 1.81 bits per heavy atom. The number of hydrazone groups is 1. The van der Waals surface area contributed by atoms with Crippen LogP contribution in [-0.2, 0) is 14.4 Å². The number of pyridine rings is 1. The second kappa shape index (κ2) is 8.18. The summed E-state index contributed by atoms with van der Waals surface area (Å²) in [5, 5.41) is 5.39. The molecule has 3 rings (SSSR count). The third-order valence-corrected chi connectivity index (χ3v) is 3.73. The zero-order valence-electron chi connectivity index (χ0n) is 15.3. The van der Waals surface area contributed by atoms with Crippen molar-refractivity contribution in [3.8, 4) is 0 Å². The molecule has 1 aromatic carbocycles. The molecule has 0 atom stereocenters. The van der Waals surface area contributed by atoms with Gasteiger partial charge in [0.2, 0.25) is 0 Å². The lowest BCUT2D eigenvalue weighted by molar-refractivity contribution is -0.174. The fourth-order valence-electron chi connectivity index (χ4n) is 2.65. The number of benzene rings is 1. The van der Waals surface area contributed by atoms with Gasteiger partial charge < -0.3 is 9.57 Å². The van der Waals surface area contributed by atoms with Gasteiger partial charge in [0.05, 0.1) is 12.8 Å². The summed E-state index contributed by atoms with van der Waals surface area (Å²) >= 11 is 0. The first-order valence-corrected chi connectivity index (χ1v) is 8.35. The van der Waals surface area contributed by atoms with Crippen molar-refractivity contribution >= 4 is 17.3 Å². The van der Waals surface area contributed by atoms with Crippen LogP contribution in [0.4, 0.5) is 0 Å². The second-order valence-electron chi connectivity index (χ2n) is 5.85. The van der Waals surface area contributed by atoms with Crippen LogP contribution in [0, 0.1) is 0 Å². The van der Waals surface area contributed by atoms with Gasteiger partial charge in [-0.3, -0.25) is 10.4 Å². The van der Waals surface area contributed by atoms with E-state index < -0.39 is 5.97 Å². The molecule has 7 nitrogen and oxygen atoms in total. The van der Waals surface area contributed by atoms with Gasteiger partial charge in [0.15, 0.2) is 0 Å². The fourth-order valence-corrected chi connectivity index (χ4v) is 2.65. The summed E-state index contributed by atoms with van der Waals surface area (Å²) in [7, 11) is 1.31. The van der Waals surface area contributed by atoms with E-state index in [4.69, 9.17) is 9.57 Å². The molecule has 0 saturated carbocycles. The second-order valence-corrected chi connectivity index (χ2v) is 5.85. The molecule has 0 amide bonds. The molecule has 0 saturated heterocycles. The number of nitrogens with one attached hydrogen (secondary N) is 1. The number of hydrogen-bond acceptors (Lipinski definition) is 7. The van der Waals surface area contributed by atoms with Gasteiger partial charge in [0.25, 0.3) is 5.76 Å². The highest BCUT2D eigenvalue weighted by molar-refractivity contribution is 6.00. The lowest BCUT2D eigenvalue weighted by Gasteiger charge is -2.25. The van der Waals surface area contributed by atoms with E-state index in [0.29, 0.717) is 11.1 Å². The maximum absolute atomic E-state index is 12.6. The highest BCUT2D eigenvalue weighted by Crippen LogP contribution is 2.28. The number of hydrogen-bond donors (Lipinski definition) is 1. The summed E-state index contributed by atoms with van der Waals surface area (Å²) in [5.41, 5.74) is 6.56. The Morgan fingerprint density at radius 3 is 2.44 bits per heavy atom. The van der Waals surface area contributed by atoms with E-state index >= 15 is 0 Å². The fraction of sp³-hybridized carbons (Fsp3) is 0.150. The van der Waals surface area contributed by atoms with Crippen LogP contribution >= 0.6 is 0 Å². The Bertz CT molecular complexity index is 864. The van der Waals surface area contributed by atoms with Crippen LogP contribution in [0.15, 0.2) is 77.5 Å². The molecule has 2 heterocycles. The minimum Gasteiger partial charge on any atom is -0.463 e. The first-order chi connectivity index (χ1) is 13.1. The molecule has 0 spiro atoms. The molecule has 7 heteroatoms. The average Bonchev–Trinajstić information content (AvgIpc) is 2.68. The summed E-state index contributed by atoms with van der Waals surface area (Å²) in [6, 6.07) is 13.1. The van der Waals surface area contributed by atoms with E-state index in [9.17, 15) is 4.79 Å². The molecule has 0 unspecified atom stereocenters. The maximum Gasteiger partial charge on any atom is 0.377 e. The topological polar surface area (TPSA) is 76.1 Å². The van der Waals surface area contributed by atoms with Gasteiger partial charge in [-0.15, -0.1) is 5.10 Å². The molecule has 1 aromatic heterocycles. The van der Waals surface area contributed by atoms with Crippen molar-refractivity contribution in [1.82, 2.24) is 15.7 Å². The third kappa shape index (κ3) is 4.33.